The molecular formula is C20H19N3O4S. The van der Waals surface area contributed by atoms with Gasteiger partial charge < -0.3 is 19.4 Å². The molecule has 3 aromatic rings. The molecule has 0 fully saturated rings. The number of nitrogens with one attached hydrogen (secondary N) is 1. The van der Waals surface area contributed by atoms with E-state index in [0.29, 0.717) is 30.2 Å². The molecule has 0 unspecified atom stereocenters. The van der Waals surface area contributed by atoms with Crippen LogP contribution in [0.5, 0.6) is 11.5 Å². The first-order valence-corrected chi connectivity index (χ1v) is 9.67. The maximum Gasteiger partial charge on any atom is 0.263 e. The van der Waals surface area contributed by atoms with E-state index in [-0.39, 0.29) is 17.9 Å². The van der Waals surface area contributed by atoms with E-state index >= 15 is 0 Å². The zero-order valence-electron chi connectivity index (χ0n) is 15.5. The Hall–Kier alpha value is -3.13. The van der Waals surface area contributed by atoms with Gasteiger partial charge in [-0.3, -0.25) is 9.59 Å². The van der Waals surface area contributed by atoms with Crippen molar-refractivity contribution in [2.75, 3.05) is 6.79 Å². The molecule has 1 aliphatic rings. The molecule has 0 atom stereocenters. The molecule has 3 heterocycles. The smallest absolute Gasteiger partial charge is 0.263 e. The second kappa shape index (κ2) is 7.47. The average molecular weight is 397 g/mol. The first kappa shape index (κ1) is 18.2. The number of hydrogen-bond acceptors (Lipinski definition) is 6. The van der Waals surface area contributed by atoms with Crippen molar-refractivity contribution >= 4 is 17.2 Å². The van der Waals surface area contributed by atoms with Gasteiger partial charge in [-0.2, -0.15) is 0 Å². The molecule has 1 N–H and O–H groups in total. The summed E-state index contributed by atoms with van der Waals surface area (Å²) < 4.78 is 12.2. The minimum atomic E-state index is -0.395. The van der Waals surface area contributed by atoms with Crippen molar-refractivity contribution in [2.45, 2.75) is 26.9 Å². The quantitative estimate of drug-likeness (QED) is 0.716. The van der Waals surface area contributed by atoms with E-state index in [9.17, 15) is 9.59 Å². The van der Waals surface area contributed by atoms with Gasteiger partial charge in [0.15, 0.2) is 11.5 Å². The van der Waals surface area contributed by atoms with E-state index in [4.69, 9.17) is 9.47 Å². The number of carbonyl (C=O) groups excluding carboxylic acids is 1. The highest BCUT2D eigenvalue weighted by atomic mass is 32.1. The lowest BCUT2D eigenvalue weighted by atomic mass is 10.1. The zero-order valence-corrected chi connectivity index (χ0v) is 16.3. The lowest BCUT2D eigenvalue weighted by Gasteiger charge is -2.11. The maximum absolute atomic E-state index is 12.9. The number of nitrogens with zero attached hydrogens (tertiary/aromatic N) is 2. The van der Waals surface area contributed by atoms with Gasteiger partial charge >= 0.3 is 0 Å². The molecule has 1 amide bonds. The Bertz CT molecular complexity index is 1100. The van der Waals surface area contributed by atoms with Crippen LogP contribution in [0.2, 0.25) is 0 Å². The number of benzene rings is 1. The fourth-order valence-corrected chi connectivity index (χ4v) is 3.66. The normalized spacial score (nSPS) is 12.2. The second-order valence-electron chi connectivity index (χ2n) is 6.53. The van der Waals surface area contributed by atoms with Crippen LogP contribution < -0.4 is 20.3 Å². The summed E-state index contributed by atoms with van der Waals surface area (Å²) in [7, 11) is 0. The van der Waals surface area contributed by atoms with Gasteiger partial charge in [0.05, 0.1) is 23.8 Å². The van der Waals surface area contributed by atoms with Gasteiger partial charge in [0.25, 0.3) is 11.5 Å². The lowest BCUT2D eigenvalue weighted by Crippen LogP contribution is -2.34. The molecule has 2 aromatic heterocycles. The highest BCUT2D eigenvalue weighted by Crippen LogP contribution is 2.32. The highest BCUT2D eigenvalue weighted by molar-refractivity contribution is 7.09. The first-order valence-electron chi connectivity index (χ1n) is 8.79. The number of thiazole rings is 1. The summed E-state index contributed by atoms with van der Waals surface area (Å²) in [5, 5.41) is 5.62. The first-order chi connectivity index (χ1) is 13.5. The van der Waals surface area contributed by atoms with E-state index in [1.165, 1.54) is 15.9 Å². The van der Waals surface area contributed by atoms with Crippen molar-refractivity contribution in [2.24, 2.45) is 0 Å². The van der Waals surface area contributed by atoms with Crippen LogP contribution in [0.4, 0.5) is 0 Å². The highest BCUT2D eigenvalue weighted by Gasteiger charge is 2.17. The standard InChI is InChI=1S/C20H19N3O4S/c1-12-5-6-23(9-14-3-4-16-17(7-14)27-11-26-16)20(25)18(12)19(24)21-8-15-10-28-13(2)22-15/h3-7,10H,8-9,11H2,1-2H3,(H,21,24). The van der Waals surface area contributed by atoms with Crippen LogP contribution in [-0.4, -0.2) is 22.3 Å². The Kier molecular flexibility index (Phi) is 4.87. The van der Waals surface area contributed by atoms with Gasteiger partial charge in [0.1, 0.15) is 5.56 Å². The van der Waals surface area contributed by atoms with Crippen LogP contribution in [0.1, 0.15) is 32.2 Å². The van der Waals surface area contributed by atoms with Crippen LogP contribution in [0.25, 0.3) is 0 Å². The molecule has 0 radical (unpaired) electrons. The van der Waals surface area contributed by atoms with Crippen LogP contribution in [-0.2, 0) is 13.1 Å². The summed E-state index contributed by atoms with van der Waals surface area (Å²) in [6.07, 6.45) is 1.70. The van der Waals surface area contributed by atoms with Crippen LogP contribution in [0, 0.1) is 13.8 Å². The molecule has 28 heavy (non-hydrogen) atoms. The third kappa shape index (κ3) is 3.63. The van der Waals surface area contributed by atoms with Crippen molar-refractivity contribution in [3.8, 4) is 11.5 Å². The van der Waals surface area contributed by atoms with Crippen molar-refractivity contribution in [3.05, 3.63) is 73.6 Å². The van der Waals surface area contributed by atoms with E-state index < -0.39 is 5.91 Å². The van der Waals surface area contributed by atoms with Crippen molar-refractivity contribution in [3.63, 3.8) is 0 Å². The van der Waals surface area contributed by atoms with Gasteiger partial charge in [-0.05, 0) is 43.2 Å². The van der Waals surface area contributed by atoms with E-state index in [1.54, 1.807) is 19.2 Å². The molecule has 0 aliphatic carbocycles. The van der Waals surface area contributed by atoms with Crippen molar-refractivity contribution in [1.82, 2.24) is 14.9 Å². The minimum Gasteiger partial charge on any atom is -0.454 e. The van der Waals surface area contributed by atoms with Crippen LogP contribution >= 0.6 is 11.3 Å². The summed E-state index contributed by atoms with van der Waals surface area (Å²) in [6.45, 7) is 4.49. The second-order valence-corrected chi connectivity index (χ2v) is 7.60. The van der Waals surface area contributed by atoms with Crippen LogP contribution in [0.15, 0.2) is 40.6 Å². The third-order valence-electron chi connectivity index (χ3n) is 4.49. The zero-order chi connectivity index (χ0) is 19.7. The van der Waals surface area contributed by atoms with E-state index in [2.05, 4.69) is 10.3 Å². The number of pyridine rings is 1. The molecule has 4 rings (SSSR count). The summed E-state index contributed by atoms with van der Waals surface area (Å²) in [4.78, 5) is 29.9. The van der Waals surface area contributed by atoms with Gasteiger partial charge in [0, 0.05) is 11.6 Å². The summed E-state index contributed by atoms with van der Waals surface area (Å²) in [5.74, 6) is 0.958. The summed E-state index contributed by atoms with van der Waals surface area (Å²) in [6, 6.07) is 7.32. The molecule has 0 bridgehead atoms. The SMILES string of the molecule is Cc1nc(CNC(=O)c2c(C)ccn(Cc3ccc4c(c3)OCO4)c2=O)cs1. The average Bonchev–Trinajstić information content (AvgIpc) is 3.30. The summed E-state index contributed by atoms with van der Waals surface area (Å²) >= 11 is 1.52. The van der Waals surface area contributed by atoms with Gasteiger partial charge in [-0.15, -0.1) is 11.3 Å². The molecule has 0 saturated heterocycles. The molecular weight excluding hydrogens is 378 g/mol. The Morgan fingerprint density at radius 1 is 1.25 bits per heavy atom. The molecule has 0 saturated carbocycles. The molecule has 7 nitrogen and oxygen atoms in total. The predicted octanol–water partition coefficient (Wildman–Crippen LogP) is 2.63. The fraction of sp³-hybridized carbons (Fsp3) is 0.250. The number of aryl methyl sites for hydroxylation is 2. The number of amides is 1. The predicted molar refractivity (Wildman–Crippen MR) is 105 cm³/mol. The third-order valence-corrected chi connectivity index (χ3v) is 5.31. The Labute approximate surface area is 165 Å². The maximum atomic E-state index is 12.9. The topological polar surface area (TPSA) is 82.5 Å². The number of fused-ring (bicyclic) bond motifs is 1. The molecule has 1 aliphatic heterocycles. The van der Waals surface area contributed by atoms with Gasteiger partial charge in [-0.1, -0.05) is 6.07 Å². The number of rotatable bonds is 5. The Morgan fingerprint density at radius 2 is 2.07 bits per heavy atom. The number of ether oxygens (including phenoxy) is 2. The van der Waals surface area contributed by atoms with Gasteiger partial charge in [-0.25, -0.2) is 4.98 Å². The molecule has 144 valence electrons. The summed E-state index contributed by atoms with van der Waals surface area (Å²) in [5.41, 5.74) is 2.13. The van der Waals surface area contributed by atoms with Crippen molar-refractivity contribution < 1.29 is 14.3 Å². The number of hydrogen-bond donors (Lipinski definition) is 1. The molecule has 1 aromatic carbocycles. The monoisotopic (exact) mass is 397 g/mol. The number of carbonyl (C=O) groups is 1. The van der Waals surface area contributed by atoms with Crippen molar-refractivity contribution in [1.29, 1.82) is 0 Å². The Morgan fingerprint density at radius 3 is 2.86 bits per heavy atom. The van der Waals surface area contributed by atoms with E-state index in [1.807, 2.05) is 30.5 Å². The largest absolute Gasteiger partial charge is 0.454 e. The van der Waals surface area contributed by atoms with Gasteiger partial charge in [0.2, 0.25) is 6.79 Å². The minimum absolute atomic E-state index is 0.148. The number of aromatic nitrogens is 2. The molecule has 0 spiro atoms. The van der Waals surface area contributed by atoms with Crippen LogP contribution in [0.3, 0.4) is 0 Å². The fourth-order valence-electron chi connectivity index (χ4n) is 3.05. The lowest BCUT2D eigenvalue weighted by molar-refractivity contribution is 0.0947. The van der Waals surface area contributed by atoms with E-state index in [0.717, 1.165) is 16.3 Å². The molecule has 8 heteroatoms. The Balaban J connectivity index is 1.55.